The molecule has 2 bridgehead atoms. The number of halogens is 2. The minimum absolute atomic E-state index is 0.138. The summed E-state index contributed by atoms with van der Waals surface area (Å²) in [6.07, 6.45) is 8.95. The van der Waals surface area contributed by atoms with E-state index in [4.69, 9.17) is 4.74 Å². The largest absolute Gasteiger partial charge is 0.435 e. The number of methoxy groups -OCH3 is 1. The number of aromatic nitrogens is 1. The highest BCUT2D eigenvalue weighted by Gasteiger charge is 2.30. The van der Waals surface area contributed by atoms with E-state index in [9.17, 15) is 8.78 Å². The van der Waals surface area contributed by atoms with Crippen molar-refractivity contribution in [1.82, 2.24) is 4.68 Å². The third-order valence-corrected chi connectivity index (χ3v) is 6.01. The van der Waals surface area contributed by atoms with Crippen molar-refractivity contribution < 1.29 is 18.3 Å². The van der Waals surface area contributed by atoms with Crippen molar-refractivity contribution in [3.05, 3.63) is 58.4 Å². The lowest BCUT2D eigenvalue weighted by molar-refractivity contribution is -0.0498. The molecule has 4 rings (SSSR count). The van der Waals surface area contributed by atoms with E-state index in [0.717, 1.165) is 22.5 Å². The summed E-state index contributed by atoms with van der Waals surface area (Å²) in [7, 11) is 1.65. The van der Waals surface area contributed by atoms with Gasteiger partial charge in [-0.3, -0.25) is 10.4 Å². The van der Waals surface area contributed by atoms with E-state index < -0.39 is 6.61 Å². The lowest BCUT2D eigenvalue weighted by atomic mass is 10.0. The molecule has 0 spiro atoms. The summed E-state index contributed by atoms with van der Waals surface area (Å²) in [5.74, 6) is 1.32. The van der Waals surface area contributed by atoms with Gasteiger partial charge in [-0.1, -0.05) is 12.2 Å². The highest BCUT2D eigenvalue weighted by atomic mass is 32.1. The lowest BCUT2D eigenvalue weighted by Gasteiger charge is -2.13. The number of alkyl halides is 2. The van der Waals surface area contributed by atoms with Crippen LogP contribution in [-0.4, -0.2) is 31.5 Å². The zero-order valence-electron chi connectivity index (χ0n) is 16.1. The molecule has 2 aliphatic carbocycles. The van der Waals surface area contributed by atoms with E-state index in [1.807, 2.05) is 10.1 Å². The van der Waals surface area contributed by atoms with Crippen LogP contribution in [0, 0.1) is 11.8 Å². The predicted octanol–water partition coefficient (Wildman–Crippen LogP) is 4.39. The molecule has 1 fully saturated rings. The van der Waals surface area contributed by atoms with E-state index in [1.54, 1.807) is 31.4 Å². The molecule has 2 aliphatic rings. The van der Waals surface area contributed by atoms with Gasteiger partial charge in [0.15, 0.2) is 0 Å². The van der Waals surface area contributed by atoms with Crippen LogP contribution in [0.25, 0.3) is 11.3 Å². The van der Waals surface area contributed by atoms with Crippen molar-refractivity contribution >= 4 is 11.3 Å². The summed E-state index contributed by atoms with van der Waals surface area (Å²) in [5.41, 5.74) is 6.59. The average Bonchev–Trinajstić information content (AvgIpc) is 3.42. The van der Waals surface area contributed by atoms with E-state index in [0.29, 0.717) is 25.0 Å². The minimum atomic E-state index is -2.83. The van der Waals surface area contributed by atoms with Crippen LogP contribution in [0.2, 0.25) is 0 Å². The molecule has 29 heavy (non-hydrogen) atoms. The Morgan fingerprint density at radius 3 is 2.79 bits per heavy atom. The summed E-state index contributed by atoms with van der Waals surface area (Å²) >= 11 is 1.52. The Morgan fingerprint density at radius 2 is 2.14 bits per heavy atom. The van der Waals surface area contributed by atoms with Crippen LogP contribution in [0.4, 0.5) is 8.78 Å². The molecule has 1 aromatic carbocycles. The quantitative estimate of drug-likeness (QED) is 0.510. The maximum atomic E-state index is 12.4. The zero-order chi connectivity index (χ0) is 20.2. The van der Waals surface area contributed by atoms with Gasteiger partial charge in [-0.2, -0.15) is 8.78 Å². The van der Waals surface area contributed by atoms with Gasteiger partial charge in [0.05, 0.1) is 18.8 Å². The summed E-state index contributed by atoms with van der Waals surface area (Å²) in [6, 6.07) is 6.63. The number of ether oxygens (including phenoxy) is 2. The van der Waals surface area contributed by atoms with E-state index in [2.05, 4.69) is 33.5 Å². The second-order valence-electron chi connectivity index (χ2n) is 7.06. The Labute approximate surface area is 172 Å². The number of allylic oxidation sites excluding steroid dienone is 3. The molecule has 1 saturated carbocycles. The Balaban J connectivity index is 1.62. The number of hydrogen-bond acceptors (Lipinski definition) is 5. The highest BCUT2D eigenvalue weighted by Crippen LogP contribution is 2.42. The molecular weight excluding hydrogens is 396 g/mol. The first-order valence-electron chi connectivity index (χ1n) is 9.53. The van der Waals surface area contributed by atoms with Crippen LogP contribution in [0.1, 0.15) is 12.8 Å². The highest BCUT2D eigenvalue weighted by molar-refractivity contribution is 7.07. The molecule has 2 atom stereocenters. The fraction of sp³-hybridized carbons (Fsp3) is 0.381. The molecule has 5 nitrogen and oxygen atoms in total. The molecule has 1 N–H and O–H groups in total. The van der Waals surface area contributed by atoms with Crippen LogP contribution >= 0.6 is 11.3 Å². The van der Waals surface area contributed by atoms with E-state index in [-0.39, 0.29) is 5.75 Å². The topological polar surface area (TPSA) is 47.8 Å². The molecule has 0 unspecified atom stereocenters. The summed E-state index contributed by atoms with van der Waals surface area (Å²) in [6.45, 7) is -1.73. The van der Waals surface area contributed by atoms with Crippen LogP contribution < -0.4 is 15.0 Å². The number of nitrogens with zero attached hydrogens (tertiary/aromatic N) is 2. The minimum Gasteiger partial charge on any atom is -0.435 e. The Kier molecular flexibility index (Phi) is 6.10. The van der Waals surface area contributed by atoms with Gasteiger partial charge in [-0.15, -0.1) is 11.3 Å². The molecule has 0 saturated heterocycles. The van der Waals surface area contributed by atoms with Gasteiger partial charge < -0.3 is 9.47 Å². The summed E-state index contributed by atoms with van der Waals surface area (Å²) in [4.78, 5) is 5.44. The molecule has 1 heterocycles. The first kappa shape index (κ1) is 19.8. The summed E-state index contributed by atoms with van der Waals surface area (Å²) in [5, 5.41) is 2.00. The fourth-order valence-corrected chi connectivity index (χ4v) is 4.64. The van der Waals surface area contributed by atoms with Gasteiger partial charge in [0, 0.05) is 30.2 Å². The summed E-state index contributed by atoms with van der Waals surface area (Å²) < 4.78 is 36.3. The number of rotatable bonds is 8. The number of thiazole rings is 1. The first-order valence-corrected chi connectivity index (χ1v) is 10.4. The number of nitrogens with one attached hydrogen (secondary N) is 1. The van der Waals surface area contributed by atoms with E-state index in [1.165, 1.54) is 23.3 Å². The first-order chi connectivity index (χ1) is 14.1. The molecule has 1 aromatic heterocycles. The molecule has 2 aromatic rings. The third kappa shape index (κ3) is 4.59. The Bertz CT molecular complexity index is 963. The third-order valence-electron chi connectivity index (χ3n) is 5.15. The molecule has 154 valence electrons. The standard InChI is InChI=1S/C21H23F2N3O2S/c1-27-9-8-24-21-26(25-12-17-11-14-2-3-16(17)10-14)19(13-29-21)15-4-6-18(7-5-15)28-20(22)23/h2-7,12-14,16,20,25H,8-11H2,1H3/b17-12+,24-21?/t14-,16-/m0/s1. The van der Waals surface area contributed by atoms with Crippen molar-refractivity contribution in [3.8, 4) is 17.0 Å². The molecule has 0 radical (unpaired) electrons. The second-order valence-corrected chi connectivity index (χ2v) is 7.89. The number of benzene rings is 1. The van der Waals surface area contributed by atoms with Crippen molar-refractivity contribution in [1.29, 1.82) is 0 Å². The normalized spacial score (nSPS) is 22.2. The zero-order valence-corrected chi connectivity index (χ0v) is 16.9. The van der Waals surface area contributed by atoms with Crippen molar-refractivity contribution in [3.63, 3.8) is 0 Å². The fourth-order valence-electron chi connectivity index (χ4n) is 3.76. The monoisotopic (exact) mass is 419 g/mol. The molecule has 0 aliphatic heterocycles. The molecular formula is C21H23F2N3O2S. The second kappa shape index (κ2) is 8.92. The van der Waals surface area contributed by atoms with Crippen LogP contribution in [-0.2, 0) is 4.74 Å². The van der Waals surface area contributed by atoms with Gasteiger partial charge in [-0.05, 0) is 48.6 Å². The maximum absolute atomic E-state index is 12.4. The van der Waals surface area contributed by atoms with Crippen LogP contribution in [0.15, 0.2) is 58.6 Å². The molecule has 8 heteroatoms. The van der Waals surface area contributed by atoms with Gasteiger partial charge >= 0.3 is 6.61 Å². The molecule has 0 amide bonds. The van der Waals surface area contributed by atoms with Crippen molar-refractivity contribution in [2.45, 2.75) is 19.5 Å². The smallest absolute Gasteiger partial charge is 0.387 e. The maximum Gasteiger partial charge on any atom is 0.387 e. The van der Waals surface area contributed by atoms with Crippen molar-refractivity contribution in [2.24, 2.45) is 16.8 Å². The van der Waals surface area contributed by atoms with Crippen LogP contribution in [0.3, 0.4) is 0 Å². The number of fused-ring (bicyclic) bond motifs is 2. The lowest BCUT2D eigenvalue weighted by Crippen LogP contribution is -2.24. The number of hydrogen-bond donors (Lipinski definition) is 1. The van der Waals surface area contributed by atoms with E-state index >= 15 is 0 Å². The average molecular weight is 419 g/mol. The van der Waals surface area contributed by atoms with Gasteiger partial charge in [0.25, 0.3) is 0 Å². The Morgan fingerprint density at radius 1 is 1.31 bits per heavy atom. The van der Waals surface area contributed by atoms with Crippen molar-refractivity contribution in [2.75, 3.05) is 25.7 Å². The van der Waals surface area contributed by atoms with Gasteiger partial charge in [0.2, 0.25) is 4.80 Å². The van der Waals surface area contributed by atoms with Gasteiger partial charge in [-0.25, -0.2) is 4.68 Å². The van der Waals surface area contributed by atoms with Crippen LogP contribution in [0.5, 0.6) is 5.75 Å². The van der Waals surface area contributed by atoms with Gasteiger partial charge in [0.1, 0.15) is 5.75 Å². The Hall–Kier alpha value is -2.45. The SMILES string of the molecule is COCCN=c1scc(-c2ccc(OC(F)F)cc2)n1N/C=C1\C[C@H]2C=C[C@H]1C2. The predicted molar refractivity (Wildman–Crippen MR) is 109 cm³/mol.